The predicted octanol–water partition coefficient (Wildman–Crippen LogP) is 7.34. The number of nitrogens with one attached hydrogen (secondary N) is 1. The average molecular weight is 516 g/mol. The third-order valence-corrected chi connectivity index (χ3v) is 5.96. The number of carbonyl (C=O) groups excluding carboxylic acids is 1. The van der Waals surface area contributed by atoms with Gasteiger partial charge in [-0.2, -0.15) is 5.26 Å². The molecule has 1 amide bonds. The number of rotatable bonds is 8. The van der Waals surface area contributed by atoms with E-state index < -0.39 is 5.91 Å². The summed E-state index contributed by atoms with van der Waals surface area (Å²) >= 11 is 18.5. The van der Waals surface area contributed by atoms with Crippen molar-refractivity contribution in [3.05, 3.63) is 91.9 Å². The molecule has 0 heterocycles. The number of halogens is 3. The maximum absolute atomic E-state index is 12.7. The number of anilines is 1. The van der Waals surface area contributed by atoms with Crippen molar-refractivity contribution in [1.29, 1.82) is 5.26 Å². The Hall–Kier alpha value is -3.17. The Bertz CT molecular complexity index is 1280. The fourth-order valence-corrected chi connectivity index (χ4v) is 3.80. The predicted molar refractivity (Wildman–Crippen MR) is 137 cm³/mol. The molecule has 0 atom stereocenters. The molecular formula is C26H21Cl3N2O3. The number of amides is 1. The van der Waals surface area contributed by atoms with E-state index in [1.807, 2.05) is 31.2 Å². The summed E-state index contributed by atoms with van der Waals surface area (Å²) in [6.07, 6.45) is 2.19. The van der Waals surface area contributed by atoms with Crippen LogP contribution in [-0.4, -0.2) is 13.0 Å². The van der Waals surface area contributed by atoms with Crippen LogP contribution < -0.4 is 14.8 Å². The minimum absolute atomic E-state index is 0.0755. The topological polar surface area (TPSA) is 71.4 Å². The lowest BCUT2D eigenvalue weighted by Gasteiger charge is -2.14. The lowest BCUT2D eigenvalue weighted by molar-refractivity contribution is -0.112. The maximum atomic E-state index is 12.7. The van der Waals surface area contributed by atoms with E-state index in [-0.39, 0.29) is 17.2 Å². The summed E-state index contributed by atoms with van der Waals surface area (Å²) < 4.78 is 11.3. The van der Waals surface area contributed by atoms with Crippen molar-refractivity contribution in [2.45, 2.75) is 20.0 Å². The highest BCUT2D eigenvalue weighted by atomic mass is 35.5. The number of benzene rings is 3. The summed E-state index contributed by atoms with van der Waals surface area (Å²) in [5.74, 6) is 0.165. The SMILES string of the molecule is CCc1ccccc1NC(=O)/C(C#N)=C/c1cc(Cl)c(OCc2ccc(Cl)c(Cl)c2)c(OC)c1. The van der Waals surface area contributed by atoms with E-state index in [4.69, 9.17) is 44.3 Å². The summed E-state index contributed by atoms with van der Waals surface area (Å²) in [4.78, 5) is 12.7. The van der Waals surface area contributed by atoms with Crippen molar-refractivity contribution in [3.63, 3.8) is 0 Å². The first-order chi connectivity index (χ1) is 16.4. The van der Waals surface area contributed by atoms with Crippen LogP contribution in [0.2, 0.25) is 15.1 Å². The van der Waals surface area contributed by atoms with Gasteiger partial charge in [0.05, 0.1) is 22.2 Å². The van der Waals surface area contributed by atoms with Gasteiger partial charge in [0.2, 0.25) is 0 Å². The van der Waals surface area contributed by atoms with Crippen LogP contribution in [0.15, 0.2) is 60.2 Å². The molecule has 1 N–H and O–H groups in total. The first-order valence-corrected chi connectivity index (χ1v) is 11.4. The van der Waals surface area contributed by atoms with E-state index in [0.29, 0.717) is 32.8 Å². The van der Waals surface area contributed by atoms with Crippen LogP contribution in [0.5, 0.6) is 11.5 Å². The van der Waals surface area contributed by atoms with Crippen molar-refractivity contribution in [1.82, 2.24) is 0 Å². The summed E-state index contributed by atoms with van der Waals surface area (Å²) in [5, 5.41) is 13.5. The van der Waals surface area contributed by atoms with Gasteiger partial charge in [-0.25, -0.2) is 0 Å². The Morgan fingerprint density at radius 2 is 1.82 bits per heavy atom. The maximum Gasteiger partial charge on any atom is 0.266 e. The van der Waals surface area contributed by atoms with E-state index in [2.05, 4.69) is 5.32 Å². The molecule has 0 aliphatic heterocycles. The first-order valence-electron chi connectivity index (χ1n) is 10.3. The Morgan fingerprint density at radius 3 is 2.50 bits per heavy atom. The molecule has 0 aliphatic carbocycles. The van der Waals surface area contributed by atoms with Crippen LogP contribution in [0.3, 0.4) is 0 Å². The quantitative estimate of drug-likeness (QED) is 0.252. The Labute approximate surface area is 213 Å². The van der Waals surface area contributed by atoms with Crippen molar-refractivity contribution in [3.8, 4) is 17.6 Å². The Balaban J connectivity index is 1.83. The highest BCUT2D eigenvalue weighted by Crippen LogP contribution is 2.38. The van der Waals surface area contributed by atoms with E-state index in [1.165, 1.54) is 13.2 Å². The van der Waals surface area contributed by atoms with Crippen LogP contribution in [0.1, 0.15) is 23.6 Å². The van der Waals surface area contributed by atoms with Crippen LogP contribution in [0.4, 0.5) is 5.69 Å². The number of hydrogen-bond acceptors (Lipinski definition) is 4. The third-order valence-electron chi connectivity index (χ3n) is 4.94. The number of methoxy groups -OCH3 is 1. The molecule has 0 spiro atoms. The van der Waals surface area contributed by atoms with E-state index >= 15 is 0 Å². The number of aryl methyl sites for hydroxylation is 1. The summed E-state index contributed by atoms with van der Waals surface area (Å²) in [5.41, 5.74) is 2.87. The molecule has 3 rings (SSSR count). The average Bonchev–Trinajstić information content (AvgIpc) is 2.83. The van der Waals surface area contributed by atoms with Crippen molar-refractivity contribution in [2.75, 3.05) is 12.4 Å². The lowest BCUT2D eigenvalue weighted by Crippen LogP contribution is -2.14. The van der Waals surface area contributed by atoms with Crippen molar-refractivity contribution < 1.29 is 14.3 Å². The summed E-state index contributed by atoms with van der Waals surface area (Å²) in [6.45, 7) is 2.18. The molecule has 0 saturated carbocycles. The molecule has 0 bridgehead atoms. The molecule has 0 fully saturated rings. The van der Waals surface area contributed by atoms with Crippen LogP contribution >= 0.6 is 34.8 Å². The standard InChI is InChI=1S/C26H21Cl3N2O3/c1-3-18-6-4-5-7-23(18)31-26(32)19(14-30)10-17-12-22(29)25(24(13-17)33-2)34-15-16-8-9-20(27)21(28)11-16/h4-13H,3,15H2,1-2H3,(H,31,32)/b19-10+. The minimum Gasteiger partial charge on any atom is -0.493 e. The zero-order chi connectivity index (χ0) is 24.7. The largest absolute Gasteiger partial charge is 0.493 e. The number of nitriles is 1. The highest BCUT2D eigenvalue weighted by molar-refractivity contribution is 6.42. The minimum atomic E-state index is -0.515. The molecule has 5 nitrogen and oxygen atoms in total. The Kier molecular flexibility index (Phi) is 8.84. The molecule has 0 aromatic heterocycles. The summed E-state index contributed by atoms with van der Waals surface area (Å²) in [7, 11) is 1.48. The second kappa shape index (κ2) is 11.8. The van der Waals surface area contributed by atoms with Crippen LogP contribution in [0, 0.1) is 11.3 Å². The van der Waals surface area contributed by atoms with Gasteiger partial charge in [0.25, 0.3) is 5.91 Å². The van der Waals surface area contributed by atoms with Gasteiger partial charge < -0.3 is 14.8 Å². The van der Waals surface area contributed by atoms with Gasteiger partial charge in [-0.3, -0.25) is 4.79 Å². The smallest absolute Gasteiger partial charge is 0.266 e. The molecule has 8 heteroatoms. The van der Waals surface area contributed by atoms with Gasteiger partial charge >= 0.3 is 0 Å². The van der Waals surface area contributed by atoms with Gasteiger partial charge in [-0.15, -0.1) is 0 Å². The third kappa shape index (κ3) is 6.24. The molecule has 3 aromatic rings. The fourth-order valence-electron chi connectivity index (χ4n) is 3.20. The number of hydrogen-bond donors (Lipinski definition) is 1. The van der Waals surface area contributed by atoms with Gasteiger partial charge in [0.15, 0.2) is 11.5 Å². The van der Waals surface area contributed by atoms with Crippen molar-refractivity contribution in [2.24, 2.45) is 0 Å². The van der Waals surface area contributed by atoms with E-state index in [0.717, 1.165) is 17.5 Å². The molecule has 0 radical (unpaired) electrons. The normalized spacial score (nSPS) is 11.0. The Morgan fingerprint density at radius 1 is 1.06 bits per heavy atom. The number of carbonyl (C=O) groups is 1. The highest BCUT2D eigenvalue weighted by Gasteiger charge is 2.15. The van der Waals surface area contributed by atoms with Crippen LogP contribution in [-0.2, 0) is 17.8 Å². The van der Waals surface area contributed by atoms with Gasteiger partial charge in [0, 0.05) is 5.69 Å². The first kappa shape index (κ1) is 25.5. The molecule has 0 saturated heterocycles. The second-order valence-corrected chi connectivity index (χ2v) is 8.43. The molecule has 3 aromatic carbocycles. The molecular weight excluding hydrogens is 495 g/mol. The fraction of sp³-hybridized carbons (Fsp3) is 0.154. The molecule has 174 valence electrons. The molecule has 0 aliphatic rings. The molecule has 0 unspecified atom stereocenters. The molecule has 34 heavy (non-hydrogen) atoms. The van der Waals surface area contributed by atoms with E-state index in [1.54, 1.807) is 36.4 Å². The van der Waals surface area contributed by atoms with Crippen molar-refractivity contribution >= 4 is 52.5 Å². The van der Waals surface area contributed by atoms with Crippen LogP contribution in [0.25, 0.3) is 6.08 Å². The monoisotopic (exact) mass is 514 g/mol. The van der Waals surface area contributed by atoms with Gasteiger partial charge in [0.1, 0.15) is 18.2 Å². The number of nitrogens with zero attached hydrogens (tertiary/aromatic N) is 1. The zero-order valence-electron chi connectivity index (χ0n) is 18.5. The van der Waals surface area contributed by atoms with Gasteiger partial charge in [-0.1, -0.05) is 66.0 Å². The number of para-hydroxylation sites is 1. The number of ether oxygens (including phenoxy) is 2. The second-order valence-electron chi connectivity index (χ2n) is 7.21. The summed E-state index contributed by atoms with van der Waals surface area (Å²) in [6, 6.07) is 17.8. The van der Waals surface area contributed by atoms with E-state index in [9.17, 15) is 10.1 Å². The zero-order valence-corrected chi connectivity index (χ0v) is 20.8. The lowest BCUT2D eigenvalue weighted by atomic mass is 10.1. The van der Waals surface area contributed by atoms with Gasteiger partial charge in [-0.05, 0) is 59.5 Å².